The molecule has 1 saturated carbocycles. The van der Waals surface area contributed by atoms with Crippen molar-refractivity contribution >= 4 is 35.0 Å². The number of hydrogen-bond acceptors (Lipinski definition) is 7. The number of nitrogens with zero attached hydrogens (tertiary/aromatic N) is 5. The van der Waals surface area contributed by atoms with Crippen molar-refractivity contribution in [2.24, 2.45) is 5.41 Å². The van der Waals surface area contributed by atoms with E-state index in [-0.39, 0.29) is 23.7 Å². The minimum absolute atomic E-state index is 0.0303. The number of carbonyl (C=O) groups excluding carboxylic acids is 2. The lowest BCUT2D eigenvalue weighted by atomic mass is 9.76. The molecule has 9 nitrogen and oxygen atoms in total. The number of benzene rings is 1. The van der Waals surface area contributed by atoms with Crippen molar-refractivity contribution in [3.05, 3.63) is 35.8 Å². The van der Waals surface area contributed by atoms with Gasteiger partial charge in [0.25, 0.3) is 0 Å². The molecular formula is C27H34FN7O2. The molecule has 2 aromatic rings. The van der Waals surface area contributed by atoms with Gasteiger partial charge >= 0.3 is 0 Å². The second kappa shape index (κ2) is 9.24. The van der Waals surface area contributed by atoms with E-state index in [0.717, 1.165) is 50.8 Å². The zero-order valence-corrected chi connectivity index (χ0v) is 21.5. The molecule has 196 valence electrons. The van der Waals surface area contributed by atoms with Crippen LogP contribution >= 0.6 is 0 Å². The maximum Gasteiger partial charge on any atom is 0.244 e. The molecule has 37 heavy (non-hydrogen) atoms. The third-order valence-corrected chi connectivity index (χ3v) is 8.59. The van der Waals surface area contributed by atoms with Crippen molar-refractivity contribution in [1.82, 2.24) is 20.2 Å². The summed E-state index contributed by atoms with van der Waals surface area (Å²) in [5.74, 6) is 0.243. The molecular weight excluding hydrogens is 473 g/mol. The lowest BCUT2D eigenvalue weighted by Gasteiger charge is -2.40. The molecule has 0 radical (unpaired) electrons. The first kappa shape index (κ1) is 24.1. The fourth-order valence-corrected chi connectivity index (χ4v) is 6.42. The molecule has 2 atom stereocenters. The highest BCUT2D eigenvalue weighted by Gasteiger charge is 2.56. The van der Waals surface area contributed by atoms with Crippen molar-refractivity contribution in [3.8, 4) is 0 Å². The van der Waals surface area contributed by atoms with Crippen LogP contribution in [-0.4, -0.2) is 72.5 Å². The molecule has 6 rings (SSSR count). The Morgan fingerprint density at radius 2 is 2.00 bits per heavy atom. The standard InChI is InChI=1S/C27H34FN7O2/c1-33(2)20-9-12-34(16-20)22-8-7-18(13-21(22)28)31-26-30-15-17-14-27(10-11-29-24(27)36)25(37)35(23(17)32-26)19-5-3-4-6-19/h7-8,13,15,19-20H,3-6,9-12,14,16H2,1-2H3,(H,29,36)(H,30,31,32)/t20-,27-/m1/s1. The SMILES string of the molecule is CN(C)[C@@H]1CCN(c2ccc(Nc3ncc4c(n3)N(C3CCCC3)C(=O)[C@]3(CCNC3=O)C4)cc2F)C1. The zero-order chi connectivity index (χ0) is 25.7. The van der Waals surface area contributed by atoms with Crippen LogP contribution in [-0.2, 0) is 16.0 Å². The van der Waals surface area contributed by atoms with Gasteiger partial charge < -0.3 is 20.4 Å². The Morgan fingerprint density at radius 3 is 2.68 bits per heavy atom. The van der Waals surface area contributed by atoms with Crippen LogP contribution in [0.15, 0.2) is 24.4 Å². The highest BCUT2D eigenvalue weighted by atomic mass is 19.1. The Morgan fingerprint density at radius 1 is 1.19 bits per heavy atom. The average molecular weight is 508 g/mol. The molecule has 4 heterocycles. The van der Waals surface area contributed by atoms with Crippen LogP contribution in [0.5, 0.6) is 0 Å². The minimum Gasteiger partial charge on any atom is -0.368 e. The van der Waals surface area contributed by atoms with Crippen LogP contribution in [0.1, 0.15) is 44.1 Å². The first-order chi connectivity index (χ1) is 17.9. The summed E-state index contributed by atoms with van der Waals surface area (Å²) in [6.07, 6.45) is 7.42. The number of anilines is 4. The molecule has 2 N–H and O–H groups in total. The van der Waals surface area contributed by atoms with Gasteiger partial charge in [0.1, 0.15) is 17.1 Å². The Labute approximate surface area is 216 Å². The Bertz CT molecular complexity index is 1230. The number of carbonyl (C=O) groups is 2. The van der Waals surface area contributed by atoms with Crippen LogP contribution in [0, 0.1) is 11.2 Å². The van der Waals surface area contributed by atoms with Crippen molar-refractivity contribution in [3.63, 3.8) is 0 Å². The average Bonchev–Trinajstić information content (AvgIpc) is 3.63. The number of likely N-dealkylation sites (N-methyl/N-ethyl adjacent to an activating group) is 1. The summed E-state index contributed by atoms with van der Waals surface area (Å²) >= 11 is 0. The molecule has 2 saturated heterocycles. The van der Waals surface area contributed by atoms with Crippen molar-refractivity contribution in [2.45, 2.75) is 57.0 Å². The second-order valence-corrected chi connectivity index (χ2v) is 11.1. The summed E-state index contributed by atoms with van der Waals surface area (Å²) < 4.78 is 15.1. The quantitative estimate of drug-likeness (QED) is 0.601. The molecule has 3 fully saturated rings. The van der Waals surface area contributed by atoms with Crippen LogP contribution in [0.4, 0.5) is 27.5 Å². The Balaban J connectivity index is 1.27. The van der Waals surface area contributed by atoms with Gasteiger partial charge in [0.05, 0.1) is 5.69 Å². The summed E-state index contributed by atoms with van der Waals surface area (Å²) in [5.41, 5.74) is 0.888. The van der Waals surface area contributed by atoms with Gasteiger partial charge in [-0.25, -0.2) is 9.37 Å². The number of hydrogen-bond donors (Lipinski definition) is 2. The van der Waals surface area contributed by atoms with Crippen LogP contribution in [0.3, 0.4) is 0 Å². The van der Waals surface area contributed by atoms with Gasteiger partial charge in [-0.15, -0.1) is 0 Å². The molecule has 0 bridgehead atoms. The predicted octanol–water partition coefficient (Wildman–Crippen LogP) is 2.84. The van der Waals surface area contributed by atoms with Crippen molar-refractivity contribution in [2.75, 3.05) is 48.8 Å². The zero-order valence-electron chi connectivity index (χ0n) is 21.5. The first-order valence-electron chi connectivity index (χ1n) is 13.3. The smallest absolute Gasteiger partial charge is 0.244 e. The molecule has 0 unspecified atom stereocenters. The molecule has 3 aliphatic heterocycles. The van der Waals surface area contributed by atoms with Crippen LogP contribution in [0.25, 0.3) is 0 Å². The number of amides is 2. The van der Waals surface area contributed by atoms with E-state index in [1.165, 1.54) is 6.07 Å². The fraction of sp³-hybridized carbons (Fsp3) is 0.556. The van der Waals surface area contributed by atoms with Crippen LogP contribution < -0.4 is 20.4 Å². The first-order valence-corrected chi connectivity index (χ1v) is 13.3. The van der Waals surface area contributed by atoms with Crippen molar-refractivity contribution < 1.29 is 14.0 Å². The topological polar surface area (TPSA) is 93.7 Å². The Kier molecular flexibility index (Phi) is 6.01. The van der Waals surface area contributed by atoms with E-state index in [4.69, 9.17) is 4.98 Å². The lowest BCUT2D eigenvalue weighted by Crippen LogP contribution is -2.56. The molecule has 1 aliphatic carbocycles. The van der Waals surface area contributed by atoms with E-state index < -0.39 is 5.41 Å². The largest absolute Gasteiger partial charge is 0.368 e. The van der Waals surface area contributed by atoms with Gasteiger partial charge in [0, 0.05) is 55.6 Å². The van der Waals surface area contributed by atoms with Crippen LogP contribution in [0.2, 0.25) is 0 Å². The highest BCUT2D eigenvalue weighted by Crippen LogP contribution is 2.44. The fourth-order valence-electron chi connectivity index (χ4n) is 6.42. The van der Waals surface area contributed by atoms with Gasteiger partial charge in [-0.2, -0.15) is 4.98 Å². The van der Waals surface area contributed by atoms with E-state index in [9.17, 15) is 9.59 Å². The van der Waals surface area contributed by atoms with E-state index in [0.29, 0.717) is 48.6 Å². The number of nitrogens with one attached hydrogen (secondary N) is 2. The Hall–Kier alpha value is -3.27. The third kappa shape index (κ3) is 4.11. The van der Waals surface area contributed by atoms with Gasteiger partial charge in [-0.05, 0) is 58.0 Å². The summed E-state index contributed by atoms with van der Waals surface area (Å²) in [6, 6.07) is 5.55. The summed E-state index contributed by atoms with van der Waals surface area (Å²) in [7, 11) is 4.11. The third-order valence-electron chi connectivity index (χ3n) is 8.59. The molecule has 10 heteroatoms. The lowest BCUT2D eigenvalue weighted by molar-refractivity contribution is -0.140. The van der Waals surface area contributed by atoms with Gasteiger partial charge in [0.15, 0.2) is 0 Å². The monoisotopic (exact) mass is 507 g/mol. The van der Waals surface area contributed by atoms with Gasteiger partial charge in [-0.1, -0.05) is 12.8 Å². The maximum absolute atomic E-state index is 15.1. The molecule has 1 aromatic heterocycles. The van der Waals surface area contributed by atoms with E-state index in [1.807, 2.05) is 6.07 Å². The predicted molar refractivity (Wildman–Crippen MR) is 140 cm³/mol. The summed E-state index contributed by atoms with van der Waals surface area (Å²) in [4.78, 5) is 41.8. The van der Waals surface area contributed by atoms with E-state index in [1.54, 1.807) is 17.2 Å². The van der Waals surface area contributed by atoms with Gasteiger partial charge in [-0.3, -0.25) is 14.5 Å². The number of fused-ring (bicyclic) bond motifs is 1. The maximum atomic E-state index is 15.1. The van der Waals surface area contributed by atoms with Gasteiger partial charge in [0.2, 0.25) is 17.8 Å². The molecule has 2 amide bonds. The number of halogens is 1. The highest BCUT2D eigenvalue weighted by molar-refractivity contribution is 6.14. The normalized spacial score (nSPS) is 25.9. The molecule has 1 aromatic carbocycles. The summed E-state index contributed by atoms with van der Waals surface area (Å²) in [5, 5.41) is 5.98. The minimum atomic E-state index is -1.06. The number of aromatic nitrogens is 2. The molecule has 4 aliphatic rings. The van der Waals surface area contributed by atoms with Crippen molar-refractivity contribution in [1.29, 1.82) is 0 Å². The molecule has 1 spiro atoms. The second-order valence-electron chi connectivity index (χ2n) is 11.1. The number of rotatable bonds is 5. The van der Waals surface area contributed by atoms with E-state index >= 15 is 4.39 Å². The van der Waals surface area contributed by atoms with E-state index in [2.05, 4.69) is 39.5 Å². The summed E-state index contributed by atoms with van der Waals surface area (Å²) in [6.45, 7) is 2.13.